The second kappa shape index (κ2) is 6.95. The van der Waals surface area contributed by atoms with Crippen LogP contribution in [0, 0.1) is 13.8 Å². The summed E-state index contributed by atoms with van der Waals surface area (Å²) in [6, 6.07) is 8.30. The van der Waals surface area contributed by atoms with Gasteiger partial charge in [-0.15, -0.1) is 11.3 Å². The maximum absolute atomic E-state index is 6.17. The van der Waals surface area contributed by atoms with E-state index in [1.54, 1.807) is 0 Å². The Kier molecular flexibility index (Phi) is 5.50. The van der Waals surface area contributed by atoms with Crippen molar-refractivity contribution in [1.29, 1.82) is 0 Å². The number of rotatable bonds is 5. The zero-order chi connectivity index (χ0) is 14.7. The molecule has 1 aromatic carbocycles. The molecule has 4 heteroatoms. The van der Waals surface area contributed by atoms with Crippen LogP contribution in [0.15, 0.2) is 24.3 Å². The van der Waals surface area contributed by atoms with E-state index in [4.69, 9.17) is 23.2 Å². The van der Waals surface area contributed by atoms with Crippen LogP contribution >= 0.6 is 34.5 Å². The van der Waals surface area contributed by atoms with Gasteiger partial charge in [-0.25, -0.2) is 0 Å². The fraction of sp³-hybridized carbons (Fsp3) is 0.375. The van der Waals surface area contributed by atoms with Gasteiger partial charge < -0.3 is 5.32 Å². The van der Waals surface area contributed by atoms with Crippen molar-refractivity contribution in [2.24, 2.45) is 0 Å². The maximum atomic E-state index is 6.17. The minimum Gasteiger partial charge on any atom is -0.306 e. The lowest BCUT2D eigenvalue weighted by atomic mass is 10.0. The summed E-state index contributed by atoms with van der Waals surface area (Å²) in [6.45, 7) is 7.45. The van der Waals surface area contributed by atoms with Gasteiger partial charge in [0.25, 0.3) is 0 Å². The predicted molar refractivity (Wildman–Crippen MR) is 90.4 cm³/mol. The van der Waals surface area contributed by atoms with Crippen molar-refractivity contribution in [3.63, 3.8) is 0 Å². The highest BCUT2D eigenvalue weighted by atomic mass is 35.5. The monoisotopic (exact) mass is 327 g/mol. The predicted octanol–water partition coefficient (Wildman–Crippen LogP) is 5.76. The lowest BCUT2D eigenvalue weighted by Gasteiger charge is -2.19. The number of nitrogens with one attached hydrogen (secondary N) is 1. The molecule has 1 aromatic heterocycles. The van der Waals surface area contributed by atoms with Crippen LogP contribution in [0.4, 0.5) is 0 Å². The molecule has 0 amide bonds. The molecule has 1 N–H and O–H groups in total. The average Bonchev–Trinajstić information content (AvgIpc) is 2.73. The molecule has 0 radical (unpaired) electrons. The summed E-state index contributed by atoms with van der Waals surface area (Å²) in [4.78, 5) is 2.69. The van der Waals surface area contributed by atoms with Gasteiger partial charge in [0.2, 0.25) is 0 Å². The fourth-order valence-electron chi connectivity index (χ4n) is 2.29. The molecule has 1 heterocycles. The summed E-state index contributed by atoms with van der Waals surface area (Å²) in [6.07, 6.45) is 1.10. The second-order valence-electron chi connectivity index (χ2n) is 4.96. The highest BCUT2D eigenvalue weighted by molar-refractivity contribution is 7.12. The summed E-state index contributed by atoms with van der Waals surface area (Å²) in [7, 11) is 0. The first-order chi connectivity index (χ1) is 9.52. The minimum atomic E-state index is 0.184. The lowest BCUT2D eigenvalue weighted by molar-refractivity contribution is 0.604. The first kappa shape index (κ1) is 15.8. The van der Waals surface area contributed by atoms with Crippen LogP contribution in [-0.2, 0) is 0 Å². The molecule has 0 aliphatic rings. The van der Waals surface area contributed by atoms with Crippen LogP contribution < -0.4 is 5.32 Å². The molecule has 20 heavy (non-hydrogen) atoms. The zero-order valence-corrected chi connectivity index (χ0v) is 14.3. The van der Waals surface area contributed by atoms with Crippen molar-refractivity contribution >= 4 is 34.5 Å². The quantitative estimate of drug-likeness (QED) is 0.736. The van der Waals surface area contributed by atoms with E-state index in [-0.39, 0.29) is 6.04 Å². The Hall–Kier alpha value is -0.540. The molecule has 1 atom stereocenters. The largest absolute Gasteiger partial charge is 0.306 e. The molecule has 0 saturated heterocycles. The zero-order valence-electron chi connectivity index (χ0n) is 12.0. The van der Waals surface area contributed by atoms with E-state index >= 15 is 0 Å². The van der Waals surface area contributed by atoms with Crippen LogP contribution in [0.3, 0.4) is 0 Å². The van der Waals surface area contributed by atoms with Crippen LogP contribution in [0.5, 0.6) is 0 Å². The highest BCUT2D eigenvalue weighted by Crippen LogP contribution is 2.34. The summed E-state index contributed by atoms with van der Waals surface area (Å²) >= 11 is 14.0. The van der Waals surface area contributed by atoms with Crippen LogP contribution in [0.2, 0.25) is 10.0 Å². The van der Waals surface area contributed by atoms with Gasteiger partial charge in [-0.05, 0) is 56.1 Å². The Bertz CT molecular complexity index is 592. The van der Waals surface area contributed by atoms with E-state index in [0.29, 0.717) is 10.0 Å². The fourth-order valence-corrected chi connectivity index (χ4v) is 3.73. The number of hydrogen-bond donors (Lipinski definition) is 1. The van der Waals surface area contributed by atoms with E-state index in [0.717, 1.165) is 18.5 Å². The average molecular weight is 328 g/mol. The van der Waals surface area contributed by atoms with E-state index < -0.39 is 0 Å². The topological polar surface area (TPSA) is 12.0 Å². The summed E-state index contributed by atoms with van der Waals surface area (Å²) in [5.41, 5.74) is 2.49. The first-order valence-corrected chi connectivity index (χ1v) is 8.35. The van der Waals surface area contributed by atoms with Gasteiger partial charge in [0, 0.05) is 9.75 Å². The first-order valence-electron chi connectivity index (χ1n) is 6.78. The number of aryl methyl sites for hydroxylation is 2. The lowest BCUT2D eigenvalue weighted by Crippen LogP contribution is -2.23. The second-order valence-corrected chi connectivity index (χ2v) is 7.07. The molecule has 0 saturated carbocycles. The van der Waals surface area contributed by atoms with Crippen molar-refractivity contribution in [2.45, 2.75) is 33.2 Å². The molecule has 0 aliphatic heterocycles. The third kappa shape index (κ3) is 3.56. The third-order valence-corrected chi connectivity index (χ3v) is 5.17. The molecule has 0 bridgehead atoms. The number of benzene rings is 1. The number of hydrogen-bond acceptors (Lipinski definition) is 2. The Labute approximate surface area is 134 Å². The molecule has 1 unspecified atom stereocenters. The van der Waals surface area contributed by atoms with Crippen molar-refractivity contribution in [2.75, 3.05) is 6.54 Å². The van der Waals surface area contributed by atoms with Crippen molar-refractivity contribution in [1.82, 2.24) is 5.32 Å². The minimum absolute atomic E-state index is 0.184. The summed E-state index contributed by atoms with van der Waals surface area (Å²) in [5.74, 6) is 0. The molecule has 2 rings (SSSR count). The highest BCUT2D eigenvalue weighted by Gasteiger charge is 2.18. The van der Waals surface area contributed by atoms with Crippen LogP contribution in [-0.4, -0.2) is 6.54 Å². The van der Waals surface area contributed by atoms with Gasteiger partial charge in [0.15, 0.2) is 0 Å². The van der Waals surface area contributed by atoms with Gasteiger partial charge >= 0.3 is 0 Å². The standard InChI is InChI=1S/C16H19Cl2NS/c1-4-7-19-15(16-10(2)8-11(3)20-16)12-5-6-13(17)14(18)9-12/h5-6,8-9,15,19H,4,7H2,1-3H3. The van der Waals surface area contributed by atoms with E-state index in [9.17, 15) is 0 Å². The van der Waals surface area contributed by atoms with Gasteiger partial charge in [0.05, 0.1) is 16.1 Å². The van der Waals surface area contributed by atoms with Crippen LogP contribution in [0.1, 0.15) is 40.3 Å². The molecule has 1 nitrogen and oxygen atoms in total. The third-order valence-electron chi connectivity index (χ3n) is 3.22. The molecule has 0 aliphatic carbocycles. The van der Waals surface area contributed by atoms with Gasteiger partial charge in [-0.3, -0.25) is 0 Å². The molecule has 0 fully saturated rings. The maximum Gasteiger partial charge on any atom is 0.0674 e. The smallest absolute Gasteiger partial charge is 0.0674 e. The molecule has 2 aromatic rings. The van der Waals surface area contributed by atoms with Crippen LogP contribution in [0.25, 0.3) is 0 Å². The van der Waals surface area contributed by atoms with Gasteiger partial charge in [-0.2, -0.15) is 0 Å². The Morgan fingerprint density at radius 1 is 1.15 bits per heavy atom. The van der Waals surface area contributed by atoms with Crippen molar-refractivity contribution in [3.05, 3.63) is 55.2 Å². The number of thiophene rings is 1. The summed E-state index contributed by atoms with van der Waals surface area (Å²) < 4.78 is 0. The van der Waals surface area contributed by atoms with E-state index in [2.05, 4.69) is 38.2 Å². The molecule has 0 spiro atoms. The Morgan fingerprint density at radius 3 is 2.45 bits per heavy atom. The summed E-state index contributed by atoms with van der Waals surface area (Å²) in [5, 5.41) is 4.82. The SMILES string of the molecule is CCCNC(c1ccc(Cl)c(Cl)c1)c1sc(C)cc1C. The van der Waals surface area contributed by atoms with Gasteiger partial charge in [0.1, 0.15) is 0 Å². The molecular weight excluding hydrogens is 309 g/mol. The Morgan fingerprint density at radius 2 is 1.90 bits per heavy atom. The molecular formula is C16H19Cl2NS. The van der Waals surface area contributed by atoms with Gasteiger partial charge in [-0.1, -0.05) is 36.2 Å². The van der Waals surface area contributed by atoms with E-state index in [1.807, 2.05) is 23.5 Å². The molecule has 108 valence electrons. The van der Waals surface area contributed by atoms with Crippen molar-refractivity contribution in [3.8, 4) is 0 Å². The number of halogens is 2. The normalized spacial score (nSPS) is 12.7. The Balaban J connectivity index is 2.41. The van der Waals surface area contributed by atoms with E-state index in [1.165, 1.54) is 15.3 Å². The van der Waals surface area contributed by atoms with Crippen molar-refractivity contribution < 1.29 is 0 Å².